The Morgan fingerprint density at radius 2 is 2.47 bits per heavy atom. The van der Waals surface area contributed by atoms with E-state index in [1.807, 2.05) is 0 Å². The van der Waals surface area contributed by atoms with E-state index in [0.717, 1.165) is 25.1 Å². The summed E-state index contributed by atoms with van der Waals surface area (Å²) in [5.41, 5.74) is 6.79. The highest BCUT2D eigenvalue weighted by atomic mass is 16.3. The van der Waals surface area contributed by atoms with Crippen LogP contribution in [-0.2, 0) is 0 Å². The van der Waals surface area contributed by atoms with Crippen molar-refractivity contribution >= 4 is 11.5 Å². The second kappa shape index (κ2) is 4.53. The first-order chi connectivity index (χ1) is 7.33. The molecule has 1 aliphatic rings. The Morgan fingerprint density at radius 1 is 1.60 bits per heavy atom. The average molecular weight is 210 g/mol. The molecule has 0 bridgehead atoms. The van der Waals surface area contributed by atoms with Crippen LogP contribution in [0.1, 0.15) is 25.7 Å². The molecule has 0 saturated carbocycles. The number of nitrogens with two attached hydrogens (primary N) is 1. The zero-order valence-electron chi connectivity index (χ0n) is 8.82. The van der Waals surface area contributed by atoms with Gasteiger partial charge in [0.1, 0.15) is 5.82 Å². The standard InChI is InChI=1S/C10H18N4O/c11-10-9(7-12-13-10)14-5-2-1-3-8(14)4-6-15/h7-8,15H,1-6H2,(H3,11,12,13). The summed E-state index contributed by atoms with van der Waals surface area (Å²) in [6, 6.07) is 0.406. The number of nitrogens with zero attached hydrogens (tertiary/aromatic N) is 2. The number of nitrogen functional groups attached to an aromatic ring is 1. The molecule has 0 aliphatic carbocycles. The van der Waals surface area contributed by atoms with Gasteiger partial charge in [0.15, 0.2) is 0 Å². The van der Waals surface area contributed by atoms with Gasteiger partial charge in [0, 0.05) is 19.2 Å². The normalized spacial score (nSPS) is 21.9. The summed E-state index contributed by atoms with van der Waals surface area (Å²) in [7, 11) is 0. The van der Waals surface area contributed by atoms with Gasteiger partial charge in [0.2, 0.25) is 0 Å². The Bertz CT molecular complexity index is 310. The summed E-state index contributed by atoms with van der Waals surface area (Å²) in [4.78, 5) is 2.26. The van der Waals surface area contributed by atoms with Gasteiger partial charge in [-0.05, 0) is 25.7 Å². The summed E-state index contributed by atoms with van der Waals surface area (Å²) < 4.78 is 0. The number of H-pyrrole nitrogens is 1. The van der Waals surface area contributed by atoms with Gasteiger partial charge in [-0.15, -0.1) is 0 Å². The van der Waals surface area contributed by atoms with Crippen LogP contribution in [0.2, 0.25) is 0 Å². The first kappa shape index (κ1) is 10.3. The Kier molecular flexibility index (Phi) is 3.11. The quantitative estimate of drug-likeness (QED) is 0.687. The highest BCUT2D eigenvalue weighted by molar-refractivity contribution is 5.62. The molecule has 2 heterocycles. The van der Waals surface area contributed by atoms with E-state index in [4.69, 9.17) is 10.8 Å². The summed E-state index contributed by atoms with van der Waals surface area (Å²) in [6.07, 6.45) is 6.13. The molecule has 1 atom stereocenters. The van der Waals surface area contributed by atoms with E-state index in [1.165, 1.54) is 12.8 Å². The Balaban J connectivity index is 2.14. The maximum atomic E-state index is 9.02. The summed E-state index contributed by atoms with van der Waals surface area (Å²) in [6.45, 7) is 1.24. The molecular weight excluding hydrogens is 192 g/mol. The average Bonchev–Trinajstić information content (AvgIpc) is 2.66. The van der Waals surface area contributed by atoms with Crippen molar-refractivity contribution in [2.45, 2.75) is 31.7 Å². The van der Waals surface area contributed by atoms with Crippen molar-refractivity contribution in [1.29, 1.82) is 0 Å². The van der Waals surface area contributed by atoms with Gasteiger partial charge < -0.3 is 15.7 Å². The molecule has 84 valence electrons. The Hall–Kier alpha value is -1.23. The zero-order valence-corrected chi connectivity index (χ0v) is 8.82. The van der Waals surface area contributed by atoms with Crippen LogP contribution in [0.25, 0.3) is 0 Å². The van der Waals surface area contributed by atoms with E-state index in [1.54, 1.807) is 6.20 Å². The summed E-state index contributed by atoms with van der Waals surface area (Å²) in [5.74, 6) is 0.625. The van der Waals surface area contributed by atoms with Crippen molar-refractivity contribution in [3.63, 3.8) is 0 Å². The monoisotopic (exact) mass is 210 g/mol. The lowest BCUT2D eigenvalue weighted by atomic mass is 9.99. The minimum absolute atomic E-state index is 0.235. The van der Waals surface area contributed by atoms with Gasteiger partial charge in [0.05, 0.1) is 11.9 Å². The second-order valence-electron chi connectivity index (χ2n) is 4.02. The Morgan fingerprint density at radius 3 is 3.13 bits per heavy atom. The van der Waals surface area contributed by atoms with Gasteiger partial charge in [-0.1, -0.05) is 0 Å². The van der Waals surface area contributed by atoms with Crippen LogP contribution in [0.3, 0.4) is 0 Å². The lowest BCUT2D eigenvalue weighted by Crippen LogP contribution is -2.40. The van der Waals surface area contributed by atoms with E-state index in [0.29, 0.717) is 11.9 Å². The van der Waals surface area contributed by atoms with E-state index < -0.39 is 0 Å². The molecular formula is C10H18N4O. The minimum Gasteiger partial charge on any atom is -0.396 e. The smallest absolute Gasteiger partial charge is 0.142 e. The lowest BCUT2D eigenvalue weighted by molar-refractivity contribution is 0.262. The largest absolute Gasteiger partial charge is 0.396 e. The van der Waals surface area contributed by atoms with Crippen LogP contribution >= 0.6 is 0 Å². The maximum Gasteiger partial charge on any atom is 0.142 e. The molecule has 1 unspecified atom stereocenters. The molecule has 0 radical (unpaired) electrons. The predicted octanol–water partition coefficient (Wildman–Crippen LogP) is 0.733. The number of aliphatic hydroxyl groups is 1. The number of hydrogen-bond donors (Lipinski definition) is 3. The first-order valence-electron chi connectivity index (χ1n) is 5.49. The van der Waals surface area contributed by atoms with Crippen LogP contribution in [0.4, 0.5) is 11.5 Å². The SMILES string of the molecule is Nc1[nH]ncc1N1CCCCC1CCO. The van der Waals surface area contributed by atoms with Crippen LogP contribution in [0.5, 0.6) is 0 Å². The molecule has 1 saturated heterocycles. The third kappa shape index (κ3) is 2.07. The predicted molar refractivity (Wildman–Crippen MR) is 59.7 cm³/mol. The van der Waals surface area contributed by atoms with Crippen molar-refractivity contribution in [3.05, 3.63) is 6.20 Å². The third-order valence-corrected chi connectivity index (χ3v) is 3.05. The molecule has 1 aromatic rings. The highest BCUT2D eigenvalue weighted by Gasteiger charge is 2.24. The van der Waals surface area contributed by atoms with E-state index >= 15 is 0 Å². The van der Waals surface area contributed by atoms with E-state index in [9.17, 15) is 0 Å². The number of anilines is 2. The number of hydrogen-bond acceptors (Lipinski definition) is 4. The fraction of sp³-hybridized carbons (Fsp3) is 0.700. The lowest BCUT2D eigenvalue weighted by Gasteiger charge is -2.36. The van der Waals surface area contributed by atoms with E-state index in [2.05, 4.69) is 15.1 Å². The van der Waals surface area contributed by atoms with Gasteiger partial charge in [-0.2, -0.15) is 5.10 Å². The molecule has 0 amide bonds. The molecule has 15 heavy (non-hydrogen) atoms. The van der Waals surface area contributed by atoms with Gasteiger partial charge >= 0.3 is 0 Å². The fourth-order valence-corrected chi connectivity index (χ4v) is 2.29. The van der Waals surface area contributed by atoms with Crippen molar-refractivity contribution in [2.24, 2.45) is 0 Å². The highest BCUT2D eigenvalue weighted by Crippen LogP contribution is 2.29. The number of aromatic nitrogens is 2. The molecule has 1 aromatic heterocycles. The van der Waals surface area contributed by atoms with E-state index in [-0.39, 0.29) is 6.61 Å². The van der Waals surface area contributed by atoms with Gasteiger partial charge in [0.25, 0.3) is 0 Å². The minimum atomic E-state index is 0.235. The number of rotatable bonds is 3. The zero-order chi connectivity index (χ0) is 10.7. The second-order valence-corrected chi connectivity index (χ2v) is 4.02. The molecule has 0 spiro atoms. The number of piperidine rings is 1. The van der Waals surface area contributed by atoms with Gasteiger partial charge in [-0.3, -0.25) is 5.10 Å². The van der Waals surface area contributed by atoms with Gasteiger partial charge in [-0.25, -0.2) is 0 Å². The molecule has 1 aliphatic heterocycles. The van der Waals surface area contributed by atoms with Crippen LogP contribution in [0, 0.1) is 0 Å². The molecule has 5 nitrogen and oxygen atoms in total. The number of nitrogens with one attached hydrogen (secondary N) is 1. The molecule has 0 aromatic carbocycles. The van der Waals surface area contributed by atoms with Crippen LogP contribution in [-0.4, -0.2) is 34.5 Å². The van der Waals surface area contributed by atoms with Crippen molar-refractivity contribution in [1.82, 2.24) is 10.2 Å². The summed E-state index contributed by atoms with van der Waals surface area (Å²) >= 11 is 0. The fourth-order valence-electron chi connectivity index (χ4n) is 2.29. The van der Waals surface area contributed by atoms with Crippen molar-refractivity contribution < 1.29 is 5.11 Å². The third-order valence-electron chi connectivity index (χ3n) is 3.05. The number of aromatic amines is 1. The molecule has 1 fully saturated rings. The Labute approximate surface area is 89.3 Å². The maximum absolute atomic E-state index is 9.02. The molecule has 5 heteroatoms. The first-order valence-corrected chi connectivity index (χ1v) is 5.49. The molecule has 4 N–H and O–H groups in total. The van der Waals surface area contributed by atoms with Crippen LogP contribution in [0.15, 0.2) is 6.20 Å². The van der Waals surface area contributed by atoms with Crippen molar-refractivity contribution in [3.8, 4) is 0 Å². The molecule has 2 rings (SSSR count). The summed E-state index contributed by atoms with van der Waals surface area (Å²) in [5, 5.41) is 15.7. The topological polar surface area (TPSA) is 78.2 Å². The number of aliphatic hydroxyl groups excluding tert-OH is 1. The van der Waals surface area contributed by atoms with Crippen LogP contribution < -0.4 is 10.6 Å². The van der Waals surface area contributed by atoms with Crippen molar-refractivity contribution in [2.75, 3.05) is 23.8 Å².